The van der Waals surface area contributed by atoms with Crippen molar-refractivity contribution in [1.82, 2.24) is 14.1 Å². The van der Waals surface area contributed by atoms with Crippen molar-refractivity contribution in [2.75, 3.05) is 6.61 Å². The van der Waals surface area contributed by atoms with Crippen LogP contribution in [-0.4, -0.2) is 20.7 Å². The van der Waals surface area contributed by atoms with Gasteiger partial charge in [-0.3, -0.25) is 4.98 Å². The van der Waals surface area contributed by atoms with Crippen molar-refractivity contribution < 1.29 is 9.47 Å². The summed E-state index contributed by atoms with van der Waals surface area (Å²) in [6.45, 7) is 2.18. The Morgan fingerprint density at radius 2 is 1.69 bits per heavy atom. The van der Waals surface area contributed by atoms with E-state index in [2.05, 4.69) is 4.98 Å². The average molecular weight is 355 g/mol. The van der Waals surface area contributed by atoms with Gasteiger partial charge in [-0.25, -0.2) is 23.5 Å². The lowest BCUT2D eigenvalue weighted by Crippen LogP contribution is -2.47. The second kappa shape index (κ2) is 7.14. The van der Waals surface area contributed by atoms with Crippen molar-refractivity contribution in [2.24, 2.45) is 7.05 Å². The first-order valence-electron chi connectivity index (χ1n) is 7.93. The Hall–Kier alpha value is -3.55. The Balaban J connectivity index is 2.10. The summed E-state index contributed by atoms with van der Waals surface area (Å²) in [7, 11) is 1.29. The van der Waals surface area contributed by atoms with Crippen LogP contribution in [0.4, 0.5) is 0 Å². The first kappa shape index (κ1) is 17.3. The van der Waals surface area contributed by atoms with Crippen molar-refractivity contribution >= 4 is 0 Å². The van der Waals surface area contributed by atoms with Crippen LogP contribution in [0.25, 0.3) is 5.69 Å². The Morgan fingerprint density at radius 1 is 0.962 bits per heavy atom. The van der Waals surface area contributed by atoms with E-state index in [9.17, 15) is 14.4 Å². The number of ether oxygens (including phenoxy) is 2. The molecule has 3 aromatic rings. The van der Waals surface area contributed by atoms with E-state index in [1.807, 2.05) is 25.1 Å². The van der Waals surface area contributed by atoms with E-state index in [0.29, 0.717) is 23.9 Å². The monoisotopic (exact) mass is 355 g/mol. The van der Waals surface area contributed by atoms with E-state index < -0.39 is 17.1 Å². The molecule has 0 aliphatic rings. The van der Waals surface area contributed by atoms with Crippen molar-refractivity contribution in [1.29, 1.82) is 0 Å². The minimum Gasteiger partial charge on any atom is -0.490 e. The van der Waals surface area contributed by atoms with E-state index in [4.69, 9.17) is 9.47 Å². The molecule has 1 heterocycles. The molecule has 0 saturated carbocycles. The van der Waals surface area contributed by atoms with Crippen LogP contribution >= 0.6 is 0 Å². The Labute approximate surface area is 147 Å². The summed E-state index contributed by atoms with van der Waals surface area (Å²) in [5, 5.41) is 0. The first-order valence-corrected chi connectivity index (χ1v) is 7.93. The van der Waals surface area contributed by atoms with E-state index in [1.54, 1.807) is 24.3 Å². The molecule has 8 heteroatoms. The largest absolute Gasteiger partial charge is 0.490 e. The summed E-state index contributed by atoms with van der Waals surface area (Å²) in [5.74, 6) is 1.43. The minimum absolute atomic E-state index is 0.260. The number of H-pyrrole nitrogens is 1. The first-order chi connectivity index (χ1) is 12.5. The standard InChI is InChI=1S/C18H17N3O5/c1-3-25-15-11-12(21-17(23)19-16(22)20(2)18(21)24)9-10-14(15)26-13-7-5-4-6-8-13/h4-11H,3H2,1-2H3,(H,19,22,23). The maximum Gasteiger partial charge on any atom is 0.340 e. The van der Waals surface area contributed by atoms with Gasteiger partial charge < -0.3 is 9.47 Å². The molecule has 0 amide bonds. The molecular weight excluding hydrogens is 338 g/mol. The van der Waals surface area contributed by atoms with Gasteiger partial charge >= 0.3 is 17.1 Å². The van der Waals surface area contributed by atoms with Gasteiger partial charge in [0, 0.05) is 13.1 Å². The second-order valence-electron chi connectivity index (χ2n) is 5.39. The van der Waals surface area contributed by atoms with Gasteiger partial charge in [0.05, 0.1) is 12.3 Å². The van der Waals surface area contributed by atoms with Gasteiger partial charge in [-0.15, -0.1) is 0 Å². The van der Waals surface area contributed by atoms with Crippen LogP contribution in [-0.2, 0) is 7.05 Å². The van der Waals surface area contributed by atoms with Crippen LogP contribution in [0.2, 0.25) is 0 Å². The smallest absolute Gasteiger partial charge is 0.340 e. The highest BCUT2D eigenvalue weighted by molar-refractivity contribution is 5.50. The SMILES string of the molecule is CCOc1cc(-n2c(=O)[nH]c(=O)n(C)c2=O)ccc1Oc1ccccc1. The number of para-hydroxylation sites is 1. The molecule has 0 bridgehead atoms. The quantitative estimate of drug-likeness (QED) is 0.747. The zero-order valence-electron chi connectivity index (χ0n) is 14.3. The van der Waals surface area contributed by atoms with Gasteiger partial charge in [-0.1, -0.05) is 18.2 Å². The third-order valence-corrected chi connectivity index (χ3v) is 3.66. The van der Waals surface area contributed by atoms with Crippen LogP contribution < -0.4 is 26.5 Å². The van der Waals surface area contributed by atoms with Crippen molar-refractivity contribution in [3.8, 4) is 22.9 Å². The molecule has 134 valence electrons. The van der Waals surface area contributed by atoms with Crippen LogP contribution in [0.1, 0.15) is 6.92 Å². The number of rotatable bonds is 5. The Morgan fingerprint density at radius 3 is 2.38 bits per heavy atom. The molecule has 26 heavy (non-hydrogen) atoms. The molecule has 1 aromatic heterocycles. The molecule has 8 nitrogen and oxygen atoms in total. The van der Waals surface area contributed by atoms with E-state index in [1.165, 1.54) is 13.1 Å². The number of nitrogens with one attached hydrogen (secondary N) is 1. The summed E-state index contributed by atoms with van der Waals surface area (Å²) in [4.78, 5) is 38.0. The molecule has 0 unspecified atom stereocenters. The lowest BCUT2D eigenvalue weighted by Gasteiger charge is -2.14. The Kier molecular flexibility index (Phi) is 4.74. The number of hydrogen-bond acceptors (Lipinski definition) is 5. The number of aromatic amines is 1. The summed E-state index contributed by atoms with van der Waals surface area (Å²) >= 11 is 0. The number of nitrogens with zero attached hydrogens (tertiary/aromatic N) is 2. The molecular formula is C18H17N3O5. The van der Waals surface area contributed by atoms with E-state index in [0.717, 1.165) is 9.13 Å². The topological polar surface area (TPSA) is 95.3 Å². The molecule has 0 aliphatic carbocycles. The van der Waals surface area contributed by atoms with E-state index in [-0.39, 0.29) is 5.69 Å². The highest BCUT2D eigenvalue weighted by atomic mass is 16.5. The summed E-state index contributed by atoms with van der Waals surface area (Å²) in [5.41, 5.74) is -2.09. The molecule has 0 aliphatic heterocycles. The van der Waals surface area contributed by atoms with Crippen molar-refractivity contribution in [3.05, 3.63) is 80.0 Å². The molecule has 0 atom stereocenters. The van der Waals surface area contributed by atoms with Gasteiger partial charge in [0.15, 0.2) is 11.5 Å². The normalized spacial score (nSPS) is 10.5. The maximum atomic E-state index is 12.3. The molecule has 0 spiro atoms. The van der Waals surface area contributed by atoms with E-state index >= 15 is 0 Å². The average Bonchev–Trinajstić information content (AvgIpc) is 2.63. The van der Waals surface area contributed by atoms with Gasteiger partial charge in [0.25, 0.3) is 0 Å². The highest BCUT2D eigenvalue weighted by Gasteiger charge is 2.13. The Bertz CT molecular complexity index is 1100. The number of benzene rings is 2. The molecule has 1 N–H and O–H groups in total. The van der Waals surface area contributed by atoms with Crippen LogP contribution in [0.3, 0.4) is 0 Å². The molecule has 3 rings (SSSR count). The zero-order valence-corrected chi connectivity index (χ0v) is 14.3. The van der Waals surface area contributed by atoms with Crippen LogP contribution in [0.15, 0.2) is 62.9 Å². The third-order valence-electron chi connectivity index (χ3n) is 3.66. The van der Waals surface area contributed by atoms with Gasteiger partial charge in [-0.05, 0) is 31.2 Å². The van der Waals surface area contributed by atoms with Crippen molar-refractivity contribution in [2.45, 2.75) is 6.92 Å². The predicted molar refractivity (Wildman–Crippen MR) is 95.6 cm³/mol. The fourth-order valence-electron chi connectivity index (χ4n) is 2.39. The second-order valence-corrected chi connectivity index (χ2v) is 5.39. The van der Waals surface area contributed by atoms with Gasteiger partial charge in [-0.2, -0.15) is 0 Å². The summed E-state index contributed by atoms with van der Waals surface area (Å²) < 4.78 is 13.1. The van der Waals surface area contributed by atoms with Gasteiger partial charge in [0.1, 0.15) is 5.75 Å². The third kappa shape index (κ3) is 3.30. The van der Waals surface area contributed by atoms with Crippen molar-refractivity contribution in [3.63, 3.8) is 0 Å². The number of aromatic nitrogens is 3. The maximum absolute atomic E-state index is 12.3. The summed E-state index contributed by atoms with van der Waals surface area (Å²) in [6, 6.07) is 13.8. The molecule has 0 saturated heterocycles. The fraction of sp³-hybridized carbons (Fsp3) is 0.167. The van der Waals surface area contributed by atoms with Crippen LogP contribution in [0, 0.1) is 0 Å². The fourth-order valence-corrected chi connectivity index (χ4v) is 2.39. The molecule has 0 radical (unpaired) electrons. The predicted octanol–water partition coefficient (Wildman–Crippen LogP) is 1.42. The lowest BCUT2D eigenvalue weighted by atomic mass is 10.2. The molecule has 2 aromatic carbocycles. The molecule has 0 fully saturated rings. The lowest BCUT2D eigenvalue weighted by molar-refractivity contribution is 0.321. The summed E-state index contributed by atoms with van der Waals surface area (Å²) in [6.07, 6.45) is 0. The highest BCUT2D eigenvalue weighted by Crippen LogP contribution is 2.33. The zero-order chi connectivity index (χ0) is 18.7. The van der Waals surface area contributed by atoms with Gasteiger partial charge in [0.2, 0.25) is 0 Å². The van der Waals surface area contributed by atoms with Crippen LogP contribution in [0.5, 0.6) is 17.2 Å². The number of hydrogen-bond donors (Lipinski definition) is 1. The minimum atomic E-state index is -0.822.